The first-order valence-corrected chi connectivity index (χ1v) is 12.3. The third kappa shape index (κ3) is 2.08. The number of halogens is 1. The van der Waals surface area contributed by atoms with Gasteiger partial charge in [-0.25, -0.2) is 0 Å². The van der Waals surface area contributed by atoms with Gasteiger partial charge < -0.3 is 0 Å². The van der Waals surface area contributed by atoms with Crippen molar-refractivity contribution < 1.29 is 0 Å². The lowest BCUT2D eigenvalue weighted by Crippen LogP contribution is -2.25. The van der Waals surface area contributed by atoms with E-state index in [1.165, 1.54) is 66.8 Å². The van der Waals surface area contributed by atoms with Gasteiger partial charge in [-0.3, -0.25) is 0 Å². The van der Waals surface area contributed by atoms with E-state index in [9.17, 15) is 0 Å². The minimum Gasteiger partial charge on any atom is -0.0619 e. The van der Waals surface area contributed by atoms with E-state index in [4.69, 9.17) is 0 Å². The van der Waals surface area contributed by atoms with Crippen LogP contribution in [0.1, 0.15) is 33.4 Å². The molecule has 154 valence electrons. The number of benzene rings is 5. The van der Waals surface area contributed by atoms with Crippen LogP contribution in [0.2, 0.25) is 0 Å². The Hall–Kier alpha value is -3.42. The first kappa shape index (κ1) is 18.1. The largest absolute Gasteiger partial charge is 0.0725 e. The van der Waals surface area contributed by atoms with Crippen LogP contribution < -0.4 is 0 Å². The molecule has 5 aromatic carbocycles. The first-order valence-electron chi connectivity index (χ1n) is 11.5. The highest BCUT2D eigenvalue weighted by molar-refractivity contribution is 9.10. The fraction of sp³-hybridized carbons (Fsp3) is 0.0625. The Morgan fingerprint density at radius 3 is 1.64 bits per heavy atom. The Kier molecular flexibility index (Phi) is 3.35. The van der Waals surface area contributed by atoms with Crippen molar-refractivity contribution in [2.75, 3.05) is 0 Å². The van der Waals surface area contributed by atoms with E-state index in [1.807, 2.05) is 0 Å². The van der Waals surface area contributed by atoms with Gasteiger partial charge in [-0.1, -0.05) is 94.8 Å². The van der Waals surface area contributed by atoms with E-state index in [1.54, 1.807) is 0 Å². The van der Waals surface area contributed by atoms with E-state index in [-0.39, 0.29) is 5.41 Å². The Morgan fingerprint density at radius 2 is 1.00 bits per heavy atom. The topological polar surface area (TPSA) is 0 Å². The normalized spacial score (nSPS) is 14.9. The van der Waals surface area contributed by atoms with Crippen molar-refractivity contribution in [1.29, 1.82) is 0 Å². The van der Waals surface area contributed by atoms with Gasteiger partial charge in [-0.05, 0) is 97.4 Å². The molecule has 0 nitrogen and oxygen atoms in total. The van der Waals surface area contributed by atoms with E-state index in [0.29, 0.717) is 0 Å². The molecule has 8 rings (SSSR count). The van der Waals surface area contributed by atoms with Crippen LogP contribution in [0.15, 0.2) is 108 Å². The summed E-state index contributed by atoms with van der Waals surface area (Å²) < 4.78 is 1.14. The Morgan fingerprint density at radius 1 is 0.455 bits per heavy atom. The minimum absolute atomic E-state index is 0.261. The summed E-state index contributed by atoms with van der Waals surface area (Å²) in [5, 5.41) is 0. The molecule has 0 unspecified atom stereocenters. The molecule has 0 saturated heterocycles. The monoisotopic (exact) mass is 482 g/mol. The molecule has 0 bridgehead atoms. The zero-order valence-electron chi connectivity index (χ0n) is 17.9. The quantitative estimate of drug-likeness (QED) is 0.203. The van der Waals surface area contributed by atoms with Gasteiger partial charge in [-0.15, -0.1) is 0 Å². The lowest BCUT2D eigenvalue weighted by atomic mass is 9.70. The maximum atomic E-state index is 3.70. The molecular weight excluding hydrogens is 464 g/mol. The second-order valence-electron chi connectivity index (χ2n) is 9.42. The van der Waals surface area contributed by atoms with Crippen molar-refractivity contribution in [3.05, 3.63) is 141 Å². The van der Waals surface area contributed by atoms with E-state index < -0.39 is 0 Å². The highest BCUT2D eigenvalue weighted by Gasteiger charge is 2.51. The van der Waals surface area contributed by atoms with Gasteiger partial charge in [-0.2, -0.15) is 0 Å². The average molecular weight is 483 g/mol. The van der Waals surface area contributed by atoms with Crippen LogP contribution in [0.5, 0.6) is 0 Å². The Labute approximate surface area is 201 Å². The molecule has 1 spiro atoms. The van der Waals surface area contributed by atoms with Gasteiger partial charge in [0.25, 0.3) is 0 Å². The molecule has 0 radical (unpaired) electrons. The molecule has 0 fully saturated rings. The summed E-state index contributed by atoms with van der Waals surface area (Å²) in [4.78, 5) is 0. The standard InChI is InChI=1S/C32H19Br/c33-21-14-13-19-15-20-16-27-24-9-3-6-12-30(24)32(31(27)18-26(20)25(19)17-21)28-10-4-1-7-22(28)23-8-2-5-11-29(23)32/h1-14,16-18H,15H2. The molecule has 0 atom stereocenters. The van der Waals surface area contributed by atoms with E-state index in [0.717, 1.165) is 10.9 Å². The number of hydrogen-bond acceptors (Lipinski definition) is 0. The van der Waals surface area contributed by atoms with Crippen LogP contribution in [0.3, 0.4) is 0 Å². The summed E-state index contributed by atoms with van der Waals surface area (Å²) in [6, 6.07) is 38.8. The minimum atomic E-state index is -0.261. The highest BCUT2D eigenvalue weighted by atomic mass is 79.9. The van der Waals surface area contributed by atoms with Gasteiger partial charge in [0.2, 0.25) is 0 Å². The molecule has 3 aliphatic rings. The summed E-state index contributed by atoms with van der Waals surface area (Å²) in [5.74, 6) is 0. The Bertz CT molecular complexity index is 1610. The highest BCUT2D eigenvalue weighted by Crippen LogP contribution is 2.63. The van der Waals surface area contributed by atoms with Crippen LogP contribution in [0, 0.1) is 0 Å². The van der Waals surface area contributed by atoms with Crippen molar-refractivity contribution in [3.8, 4) is 33.4 Å². The van der Waals surface area contributed by atoms with E-state index in [2.05, 4.69) is 119 Å². The fourth-order valence-electron chi connectivity index (χ4n) is 6.74. The summed E-state index contributed by atoms with van der Waals surface area (Å²) in [7, 11) is 0. The SMILES string of the molecule is Brc1ccc2c(c1)-c1cc3c(cc1C2)-c1ccccc1C31c2ccccc2-c2ccccc21. The molecule has 0 amide bonds. The molecule has 5 aromatic rings. The number of rotatable bonds is 0. The maximum absolute atomic E-state index is 3.70. The van der Waals surface area contributed by atoms with Crippen molar-refractivity contribution >= 4 is 15.9 Å². The molecule has 33 heavy (non-hydrogen) atoms. The van der Waals surface area contributed by atoms with E-state index >= 15 is 0 Å². The summed E-state index contributed by atoms with van der Waals surface area (Å²) in [6.45, 7) is 0. The lowest BCUT2D eigenvalue weighted by Gasteiger charge is -2.30. The van der Waals surface area contributed by atoms with Crippen LogP contribution in [-0.4, -0.2) is 0 Å². The molecule has 1 heteroatoms. The molecule has 0 N–H and O–H groups in total. The van der Waals surface area contributed by atoms with Crippen molar-refractivity contribution in [1.82, 2.24) is 0 Å². The summed E-state index contributed by atoms with van der Waals surface area (Å²) >= 11 is 3.70. The maximum Gasteiger partial charge on any atom is 0.0725 e. The molecular formula is C32H19Br. The molecule has 0 heterocycles. The fourth-order valence-corrected chi connectivity index (χ4v) is 7.10. The van der Waals surface area contributed by atoms with Crippen LogP contribution in [-0.2, 0) is 11.8 Å². The smallest absolute Gasteiger partial charge is 0.0619 e. The zero-order valence-corrected chi connectivity index (χ0v) is 19.5. The second-order valence-corrected chi connectivity index (χ2v) is 10.3. The van der Waals surface area contributed by atoms with Crippen molar-refractivity contribution in [2.45, 2.75) is 11.8 Å². The average Bonchev–Trinajstić information content (AvgIpc) is 3.46. The third-order valence-corrected chi connectivity index (χ3v) is 8.46. The van der Waals surface area contributed by atoms with Crippen molar-refractivity contribution in [3.63, 3.8) is 0 Å². The number of hydrogen-bond donors (Lipinski definition) is 0. The lowest BCUT2D eigenvalue weighted by molar-refractivity contribution is 0.794. The zero-order chi connectivity index (χ0) is 21.7. The van der Waals surface area contributed by atoms with Gasteiger partial charge in [0.05, 0.1) is 5.41 Å². The van der Waals surface area contributed by atoms with Crippen LogP contribution in [0.25, 0.3) is 33.4 Å². The van der Waals surface area contributed by atoms with Gasteiger partial charge >= 0.3 is 0 Å². The van der Waals surface area contributed by atoms with Gasteiger partial charge in [0.1, 0.15) is 0 Å². The van der Waals surface area contributed by atoms with Crippen LogP contribution >= 0.6 is 15.9 Å². The predicted molar refractivity (Wildman–Crippen MR) is 139 cm³/mol. The first-order chi connectivity index (χ1) is 16.3. The predicted octanol–water partition coefficient (Wildman–Crippen LogP) is 8.36. The Balaban J connectivity index is 1.54. The summed E-state index contributed by atoms with van der Waals surface area (Å²) in [6.07, 6.45) is 1.01. The van der Waals surface area contributed by atoms with Crippen LogP contribution in [0.4, 0.5) is 0 Å². The van der Waals surface area contributed by atoms with Gasteiger partial charge in [0, 0.05) is 4.47 Å². The van der Waals surface area contributed by atoms with Crippen molar-refractivity contribution in [2.24, 2.45) is 0 Å². The second kappa shape index (κ2) is 6.12. The van der Waals surface area contributed by atoms with Gasteiger partial charge in [0.15, 0.2) is 0 Å². The molecule has 0 aliphatic heterocycles. The summed E-state index contributed by atoms with van der Waals surface area (Å²) in [5.41, 5.74) is 16.5. The third-order valence-electron chi connectivity index (χ3n) is 7.96. The molecule has 0 saturated carbocycles. The molecule has 3 aliphatic carbocycles. The number of fused-ring (bicyclic) bond motifs is 13. The molecule has 0 aromatic heterocycles.